The molecule has 4 heteroatoms. The fourth-order valence-electron chi connectivity index (χ4n) is 2.03. The summed E-state index contributed by atoms with van der Waals surface area (Å²) in [5.74, 6) is 0.756. The summed E-state index contributed by atoms with van der Waals surface area (Å²) in [4.78, 5) is 15.8. The standard InChI is InChI=1S/C15H16N2O2/c18-15(6-11-1-2-11)17-8-12-5-14(9-16-7-12)13-3-4-19-10-13/h3-5,7,9-11H,1-2,6,8H2,(H,17,18). The molecule has 1 saturated carbocycles. The number of nitrogens with one attached hydrogen (secondary N) is 1. The minimum atomic E-state index is 0.135. The van der Waals surface area contributed by atoms with Gasteiger partial charge in [0, 0.05) is 36.5 Å². The molecule has 0 aromatic carbocycles. The highest BCUT2D eigenvalue weighted by atomic mass is 16.3. The van der Waals surface area contributed by atoms with Crippen molar-refractivity contribution in [2.45, 2.75) is 25.8 Å². The highest BCUT2D eigenvalue weighted by Gasteiger charge is 2.24. The van der Waals surface area contributed by atoms with Crippen LogP contribution in [0, 0.1) is 5.92 Å². The van der Waals surface area contributed by atoms with Crippen LogP contribution in [0.1, 0.15) is 24.8 Å². The van der Waals surface area contributed by atoms with E-state index in [0.717, 1.165) is 16.7 Å². The van der Waals surface area contributed by atoms with E-state index in [1.807, 2.05) is 12.1 Å². The Hall–Kier alpha value is -2.10. The van der Waals surface area contributed by atoms with E-state index in [4.69, 9.17) is 4.42 Å². The molecule has 2 heterocycles. The van der Waals surface area contributed by atoms with E-state index in [-0.39, 0.29) is 5.91 Å². The molecule has 0 unspecified atom stereocenters. The van der Waals surface area contributed by atoms with Gasteiger partial charge in [0.25, 0.3) is 0 Å². The van der Waals surface area contributed by atoms with Gasteiger partial charge in [-0.05, 0) is 36.5 Å². The summed E-state index contributed by atoms with van der Waals surface area (Å²) in [5, 5.41) is 2.94. The fourth-order valence-corrected chi connectivity index (χ4v) is 2.03. The first-order valence-corrected chi connectivity index (χ1v) is 6.54. The molecule has 1 aliphatic rings. The molecule has 0 spiro atoms. The number of hydrogen-bond acceptors (Lipinski definition) is 3. The van der Waals surface area contributed by atoms with Crippen LogP contribution in [0.4, 0.5) is 0 Å². The molecular formula is C15H16N2O2. The van der Waals surface area contributed by atoms with E-state index in [1.165, 1.54) is 12.8 Å². The molecule has 19 heavy (non-hydrogen) atoms. The average Bonchev–Trinajstić information content (AvgIpc) is 3.07. The zero-order valence-corrected chi connectivity index (χ0v) is 10.6. The number of furan rings is 1. The Morgan fingerprint density at radius 2 is 2.26 bits per heavy atom. The van der Waals surface area contributed by atoms with Gasteiger partial charge in [0.15, 0.2) is 0 Å². The van der Waals surface area contributed by atoms with Crippen molar-refractivity contribution in [3.05, 3.63) is 42.6 Å². The van der Waals surface area contributed by atoms with Crippen LogP contribution < -0.4 is 5.32 Å². The molecule has 1 aliphatic carbocycles. The van der Waals surface area contributed by atoms with Gasteiger partial charge in [0.2, 0.25) is 5.91 Å². The largest absolute Gasteiger partial charge is 0.472 e. The lowest BCUT2D eigenvalue weighted by molar-refractivity contribution is -0.121. The van der Waals surface area contributed by atoms with Crippen molar-refractivity contribution < 1.29 is 9.21 Å². The van der Waals surface area contributed by atoms with Gasteiger partial charge < -0.3 is 9.73 Å². The number of pyridine rings is 1. The maximum atomic E-state index is 11.6. The summed E-state index contributed by atoms with van der Waals surface area (Å²) in [7, 11) is 0. The summed E-state index contributed by atoms with van der Waals surface area (Å²) in [6, 6.07) is 3.92. The first-order valence-electron chi connectivity index (χ1n) is 6.54. The molecule has 0 radical (unpaired) electrons. The van der Waals surface area contributed by atoms with Gasteiger partial charge in [0.1, 0.15) is 0 Å². The van der Waals surface area contributed by atoms with Gasteiger partial charge in [-0.15, -0.1) is 0 Å². The Balaban J connectivity index is 1.61. The Bertz CT molecular complexity index is 559. The first-order chi connectivity index (χ1) is 9.31. The Morgan fingerprint density at radius 3 is 3.00 bits per heavy atom. The van der Waals surface area contributed by atoms with Gasteiger partial charge in [-0.1, -0.05) is 0 Å². The molecule has 1 N–H and O–H groups in total. The average molecular weight is 256 g/mol. The first kappa shape index (κ1) is 12.0. The molecular weight excluding hydrogens is 240 g/mol. The van der Waals surface area contributed by atoms with Gasteiger partial charge >= 0.3 is 0 Å². The Morgan fingerprint density at radius 1 is 1.37 bits per heavy atom. The van der Waals surface area contributed by atoms with Crippen molar-refractivity contribution in [2.75, 3.05) is 0 Å². The van der Waals surface area contributed by atoms with Crippen LogP contribution in [0.3, 0.4) is 0 Å². The normalized spacial score (nSPS) is 14.3. The van der Waals surface area contributed by atoms with E-state index >= 15 is 0 Å². The third kappa shape index (κ3) is 3.22. The van der Waals surface area contributed by atoms with Crippen molar-refractivity contribution in [3.63, 3.8) is 0 Å². The summed E-state index contributed by atoms with van der Waals surface area (Å²) in [6.07, 6.45) is 9.96. The third-order valence-electron chi connectivity index (χ3n) is 3.31. The van der Waals surface area contributed by atoms with Crippen LogP contribution in [0.2, 0.25) is 0 Å². The van der Waals surface area contributed by atoms with Crippen molar-refractivity contribution in [2.24, 2.45) is 5.92 Å². The van der Waals surface area contributed by atoms with E-state index in [2.05, 4.69) is 10.3 Å². The second-order valence-corrected chi connectivity index (χ2v) is 5.02. The van der Waals surface area contributed by atoms with Gasteiger partial charge in [-0.3, -0.25) is 9.78 Å². The zero-order chi connectivity index (χ0) is 13.1. The van der Waals surface area contributed by atoms with Gasteiger partial charge in [0.05, 0.1) is 12.5 Å². The van der Waals surface area contributed by atoms with Crippen LogP contribution in [-0.2, 0) is 11.3 Å². The van der Waals surface area contributed by atoms with E-state index in [0.29, 0.717) is 18.9 Å². The zero-order valence-electron chi connectivity index (χ0n) is 10.6. The quantitative estimate of drug-likeness (QED) is 0.895. The molecule has 4 nitrogen and oxygen atoms in total. The lowest BCUT2D eigenvalue weighted by Gasteiger charge is -2.05. The SMILES string of the molecule is O=C(CC1CC1)NCc1cncc(-c2ccoc2)c1. The molecule has 0 bridgehead atoms. The summed E-state index contributed by atoms with van der Waals surface area (Å²) < 4.78 is 5.06. The highest BCUT2D eigenvalue weighted by Crippen LogP contribution is 2.32. The number of nitrogens with zero attached hydrogens (tertiary/aromatic N) is 1. The third-order valence-corrected chi connectivity index (χ3v) is 3.31. The van der Waals surface area contributed by atoms with Crippen molar-refractivity contribution in [1.29, 1.82) is 0 Å². The van der Waals surface area contributed by atoms with E-state index < -0.39 is 0 Å². The topological polar surface area (TPSA) is 55.1 Å². The summed E-state index contributed by atoms with van der Waals surface area (Å²) in [5.41, 5.74) is 3.00. The monoisotopic (exact) mass is 256 g/mol. The molecule has 0 aliphatic heterocycles. The fraction of sp³-hybridized carbons (Fsp3) is 0.333. The van der Waals surface area contributed by atoms with Gasteiger partial charge in [-0.2, -0.15) is 0 Å². The lowest BCUT2D eigenvalue weighted by Crippen LogP contribution is -2.22. The van der Waals surface area contributed by atoms with Crippen LogP contribution in [0.5, 0.6) is 0 Å². The minimum absolute atomic E-state index is 0.135. The molecule has 0 atom stereocenters. The van der Waals surface area contributed by atoms with Crippen LogP contribution >= 0.6 is 0 Å². The molecule has 98 valence electrons. The minimum Gasteiger partial charge on any atom is -0.472 e. The van der Waals surface area contributed by atoms with E-state index in [9.17, 15) is 4.79 Å². The Kier molecular flexibility index (Phi) is 3.31. The molecule has 2 aromatic heterocycles. The maximum Gasteiger partial charge on any atom is 0.220 e. The van der Waals surface area contributed by atoms with Crippen molar-refractivity contribution in [1.82, 2.24) is 10.3 Å². The van der Waals surface area contributed by atoms with E-state index in [1.54, 1.807) is 24.9 Å². The lowest BCUT2D eigenvalue weighted by atomic mass is 10.1. The Labute approximate surface area is 111 Å². The number of carbonyl (C=O) groups excluding carboxylic acids is 1. The molecule has 2 aromatic rings. The van der Waals surface area contributed by atoms with Crippen molar-refractivity contribution >= 4 is 5.91 Å². The summed E-state index contributed by atoms with van der Waals surface area (Å²) in [6.45, 7) is 0.532. The molecule has 1 amide bonds. The van der Waals surface area contributed by atoms with Crippen LogP contribution in [0.15, 0.2) is 41.5 Å². The number of aromatic nitrogens is 1. The number of rotatable bonds is 5. The van der Waals surface area contributed by atoms with Crippen LogP contribution in [0.25, 0.3) is 11.1 Å². The predicted octanol–water partition coefficient (Wildman–Crippen LogP) is 2.76. The van der Waals surface area contributed by atoms with Crippen molar-refractivity contribution in [3.8, 4) is 11.1 Å². The molecule has 0 saturated heterocycles. The molecule has 3 rings (SSSR count). The number of hydrogen-bond donors (Lipinski definition) is 1. The molecule has 1 fully saturated rings. The smallest absolute Gasteiger partial charge is 0.220 e. The van der Waals surface area contributed by atoms with Crippen LogP contribution in [-0.4, -0.2) is 10.9 Å². The van der Waals surface area contributed by atoms with Gasteiger partial charge in [-0.25, -0.2) is 0 Å². The number of amides is 1. The maximum absolute atomic E-state index is 11.6. The second-order valence-electron chi connectivity index (χ2n) is 5.02. The predicted molar refractivity (Wildman–Crippen MR) is 71.1 cm³/mol. The number of carbonyl (C=O) groups is 1. The summed E-state index contributed by atoms with van der Waals surface area (Å²) >= 11 is 0. The highest BCUT2D eigenvalue weighted by molar-refractivity contribution is 5.76. The second kappa shape index (κ2) is 5.26.